The topological polar surface area (TPSA) is 32.3 Å². The van der Waals surface area contributed by atoms with Crippen molar-refractivity contribution in [3.63, 3.8) is 0 Å². The molecular formula is C17H23FN2O. The number of rotatable bonds is 6. The Kier molecular flexibility index (Phi) is 3.98. The molecule has 2 fully saturated rings. The Morgan fingerprint density at radius 2 is 1.95 bits per heavy atom. The first-order chi connectivity index (χ1) is 10.2. The SMILES string of the molecule is CCCCCCN1C(=O)C2(CC2)NC1c1ccc(F)cc1. The van der Waals surface area contributed by atoms with Crippen LogP contribution >= 0.6 is 0 Å². The van der Waals surface area contributed by atoms with E-state index in [1.807, 2.05) is 4.90 Å². The summed E-state index contributed by atoms with van der Waals surface area (Å²) in [5.74, 6) is -0.00738. The van der Waals surface area contributed by atoms with Gasteiger partial charge in [0.15, 0.2) is 0 Å². The van der Waals surface area contributed by atoms with E-state index in [2.05, 4.69) is 12.2 Å². The number of unbranched alkanes of at least 4 members (excludes halogenated alkanes) is 3. The summed E-state index contributed by atoms with van der Waals surface area (Å²) >= 11 is 0. The summed E-state index contributed by atoms with van der Waals surface area (Å²) in [6.07, 6.45) is 6.35. The van der Waals surface area contributed by atoms with Crippen LogP contribution in [0.5, 0.6) is 0 Å². The van der Waals surface area contributed by atoms with Crippen LogP contribution in [0.2, 0.25) is 0 Å². The van der Waals surface area contributed by atoms with Gasteiger partial charge in [0.1, 0.15) is 17.5 Å². The molecule has 1 atom stereocenters. The largest absolute Gasteiger partial charge is 0.321 e. The molecule has 1 unspecified atom stereocenters. The second kappa shape index (κ2) is 5.76. The summed E-state index contributed by atoms with van der Waals surface area (Å²) in [4.78, 5) is 14.5. The molecule has 1 aliphatic carbocycles. The summed E-state index contributed by atoms with van der Waals surface area (Å²) < 4.78 is 13.1. The van der Waals surface area contributed by atoms with E-state index in [0.717, 1.165) is 37.8 Å². The van der Waals surface area contributed by atoms with E-state index in [0.29, 0.717) is 0 Å². The molecule has 3 nitrogen and oxygen atoms in total. The maximum absolute atomic E-state index is 13.1. The molecule has 2 aliphatic rings. The summed E-state index contributed by atoms with van der Waals surface area (Å²) in [6, 6.07) is 6.49. The second-order valence-corrected chi connectivity index (χ2v) is 6.24. The average Bonchev–Trinajstić information content (AvgIpc) is 3.21. The molecule has 1 amide bonds. The van der Waals surface area contributed by atoms with Gasteiger partial charge in [-0.25, -0.2) is 4.39 Å². The lowest BCUT2D eigenvalue weighted by molar-refractivity contribution is -0.130. The third-order valence-corrected chi connectivity index (χ3v) is 4.58. The van der Waals surface area contributed by atoms with Crippen molar-refractivity contribution in [3.8, 4) is 0 Å². The van der Waals surface area contributed by atoms with Gasteiger partial charge in [-0.15, -0.1) is 0 Å². The highest BCUT2D eigenvalue weighted by Gasteiger charge is 2.59. The van der Waals surface area contributed by atoms with Crippen LogP contribution in [0.3, 0.4) is 0 Å². The number of halogens is 1. The Morgan fingerprint density at radius 1 is 1.24 bits per heavy atom. The number of amides is 1. The van der Waals surface area contributed by atoms with Gasteiger partial charge in [-0.05, 0) is 37.0 Å². The zero-order valence-corrected chi connectivity index (χ0v) is 12.6. The number of carbonyl (C=O) groups excluding carboxylic acids is 1. The summed E-state index contributed by atoms with van der Waals surface area (Å²) in [5.41, 5.74) is 0.660. The van der Waals surface area contributed by atoms with E-state index in [9.17, 15) is 9.18 Å². The van der Waals surface area contributed by atoms with Gasteiger partial charge in [-0.3, -0.25) is 10.1 Å². The molecular weight excluding hydrogens is 267 g/mol. The quantitative estimate of drug-likeness (QED) is 0.815. The number of nitrogens with zero attached hydrogens (tertiary/aromatic N) is 1. The predicted octanol–water partition coefficient (Wildman–Crippen LogP) is 3.37. The Hall–Kier alpha value is -1.42. The molecule has 1 aromatic carbocycles. The molecule has 1 N–H and O–H groups in total. The molecule has 1 saturated heterocycles. The van der Waals surface area contributed by atoms with Gasteiger partial charge in [0.25, 0.3) is 0 Å². The van der Waals surface area contributed by atoms with Crippen LogP contribution in [0.4, 0.5) is 4.39 Å². The second-order valence-electron chi connectivity index (χ2n) is 6.24. The molecule has 1 saturated carbocycles. The van der Waals surface area contributed by atoms with E-state index in [4.69, 9.17) is 0 Å². The monoisotopic (exact) mass is 290 g/mol. The highest BCUT2D eigenvalue weighted by atomic mass is 19.1. The standard InChI is InChI=1S/C17H23FN2O/c1-2-3-4-5-12-20-15(13-6-8-14(18)9-7-13)19-17(10-11-17)16(20)21/h6-9,15,19H,2-5,10-12H2,1H3. The normalized spacial score (nSPS) is 23.0. The lowest BCUT2D eigenvalue weighted by Gasteiger charge is -2.24. The van der Waals surface area contributed by atoms with Gasteiger partial charge in [0.2, 0.25) is 5.91 Å². The van der Waals surface area contributed by atoms with E-state index in [1.54, 1.807) is 12.1 Å². The van der Waals surface area contributed by atoms with Crippen LogP contribution in [-0.4, -0.2) is 22.9 Å². The predicted molar refractivity (Wildman–Crippen MR) is 80.1 cm³/mol. The minimum Gasteiger partial charge on any atom is -0.321 e. The first kappa shape index (κ1) is 14.5. The van der Waals surface area contributed by atoms with E-state index >= 15 is 0 Å². The van der Waals surface area contributed by atoms with Crippen molar-refractivity contribution in [1.82, 2.24) is 10.2 Å². The van der Waals surface area contributed by atoms with Gasteiger partial charge in [-0.2, -0.15) is 0 Å². The average molecular weight is 290 g/mol. The van der Waals surface area contributed by atoms with Crippen molar-refractivity contribution in [2.24, 2.45) is 0 Å². The van der Waals surface area contributed by atoms with Crippen molar-refractivity contribution in [2.45, 2.75) is 57.2 Å². The Labute approximate surface area is 125 Å². The Morgan fingerprint density at radius 3 is 2.57 bits per heavy atom. The van der Waals surface area contributed by atoms with Crippen LogP contribution in [0.1, 0.15) is 57.2 Å². The molecule has 4 heteroatoms. The lowest BCUT2D eigenvalue weighted by Crippen LogP contribution is -2.33. The number of benzene rings is 1. The molecule has 114 valence electrons. The van der Waals surface area contributed by atoms with E-state index < -0.39 is 0 Å². The summed E-state index contributed by atoms with van der Waals surface area (Å²) in [5, 5.41) is 3.47. The van der Waals surface area contributed by atoms with Crippen LogP contribution in [0.25, 0.3) is 0 Å². The molecule has 0 aromatic heterocycles. The fraction of sp³-hybridized carbons (Fsp3) is 0.588. The third-order valence-electron chi connectivity index (χ3n) is 4.58. The lowest BCUT2D eigenvalue weighted by atomic mass is 10.1. The van der Waals surface area contributed by atoms with Crippen molar-refractivity contribution in [1.29, 1.82) is 0 Å². The minimum absolute atomic E-state index is 0.0952. The molecule has 0 radical (unpaired) electrons. The Bertz CT molecular complexity index is 510. The van der Waals surface area contributed by atoms with Crippen LogP contribution in [0.15, 0.2) is 24.3 Å². The van der Waals surface area contributed by atoms with Gasteiger partial charge in [0.05, 0.1) is 0 Å². The van der Waals surface area contributed by atoms with Gasteiger partial charge in [-0.1, -0.05) is 38.3 Å². The highest BCUT2D eigenvalue weighted by Crippen LogP contribution is 2.45. The smallest absolute Gasteiger partial charge is 0.244 e. The summed E-state index contributed by atoms with van der Waals surface area (Å²) in [6.45, 7) is 2.97. The molecule has 1 aliphatic heterocycles. The molecule has 1 heterocycles. The fourth-order valence-corrected chi connectivity index (χ4v) is 3.12. The Balaban J connectivity index is 1.73. The molecule has 1 aromatic rings. The third kappa shape index (κ3) is 2.82. The van der Waals surface area contributed by atoms with Gasteiger partial charge < -0.3 is 4.90 Å². The van der Waals surface area contributed by atoms with Crippen LogP contribution in [0, 0.1) is 5.82 Å². The number of hydrogen-bond acceptors (Lipinski definition) is 2. The van der Waals surface area contributed by atoms with Crippen molar-refractivity contribution < 1.29 is 9.18 Å². The number of nitrogens with one attached hydrogen (secondary N) is 1. The molecule has 1 spiro atoms. The van der Waals surface area contributed by atoms with Crippen LogP contribution < -0.4 is 5.32 Å². The van der Waals surface area contributed by atoms with Gasteiger partial charge >= 0.3 is 0 Å². The first-order valence-corrected chi connectivity index (χ1v) is 8.00. The number of hydrogen-bond donors (Lipinski definition) is 1. The van der Waals surface area contributed by atoms with Crippen molar-refractivity contribution >= 4 is 5.91 Å². The van der Waals surface area contributed by atoms with Gasteiger partial charge in [0, 0.05) is 6.54 Å². The molecule has 21 heavy (non-hydrogen) atoms. The fourth-order valence-electron chi connectivity index (χ4n) is 3.12. The van der Waals surface area contributed by atoms with E-state index in [-0.39, 0.29) is 23.4 Å². The zero-order chi connectivity index (χ0) is 14.9. The maximum atomic E-state index is 13.1. The van der Waals surface area contributed by atoms with Crippen molar-refractivity contribution in [2.75, 3.05) is 6.54 Å². The highest BCUT2D eigenvalue weighted by molar-refractivity contribution is 5.92. The van der Waals surface area contributed by atoms with E-state index in [1.165, 1.54) is 25.0 Å². The zero-order valence-electron chi connectivity index (χ0n) is 12.6. The van der Waals surface area contributed by atoms with Crippen LogP contribution in [-0.2, 0) is 4.79 Å². The minimum atomic E-state index is -0.316. The number of carbonyl (C=O) groups is 1. The molecule has 3 rings (SSSR count). The first-order valence-electron chi connectivity index (χ1n) is 8.00. The summed E-state index contributed by atoms with van der Waals surface area (Å²) in [7, 11) is 0. The maximum Gasteiger partial charge on any atom is 0.244 e. The van der Waals surface area contributed by atoms with Crippen molar-refractivity contribution in [3.05, 3.63) is 35.6 Å². The molecule has 0 bridgehead atoms.